The normalized spacial score (nSPS) is 9.50. The van der Waals surface area contributed by atoms with Crippen LogP contribution in [0.2, 0.25) is 0 Å². The van der Waals surface area contributed by atoms with E-state index in [-0.39, 0.29) is 0 Å². The molecule has 1 aromatic rings. The number of anilines is 2. The number of amides is 2. The second kappa shape index (κ2) is 5.08. The summed E-state index contributed by atoms with van der Waals surface area (Å²) >= 11 is 0. The van der Waals surface area contributed by atoms with E-state index in [9.17, 15) is 4.79 Å². The molecule has 5 heteroatoms. The van der Waals surface area contributed by atoms with Crippen LogP contribution in [-0.4, -0.2) is 19.1 Å². The second-order valence-corrected chi connectivity index (χ2v) is 2.79. The number of hydrogen-bond donors (Lipinski definition) is 4. The highest BCUT2D eigenvalue weighted by Gasteiger charge is 1.96. The van der Waals surface area contributed by atoms with Crippen molar-refractivity contribution in [3.8, 4) is 0 Å². The summed E-state index contributed by atoms with van der Waals surface area (Å²) in [6.45, 7) is 1.26. The molecule has 1 aromatic carbocycles. The molecule has 76 valence electrons. The van der Waals surface area contributed by atoms with E-state index < -0.39 is 6.03 Å². The minimum Gasteiger partial charge on any atom is -0.384 e. The number of carbonyl (C=O) groups excluding carboxylic acids is 1. The van der Waals surface area contributed by atoms with Crippen LogP contribution in [0.5, 0.6) is 0 Å². The number of nitrogens with one attached hydrogen (secondary N) is 2. The van der Waals surface area contributed by atoms with E-state index in [4.69, 9.17) is 11.5 Å². The fourth-order valence-corrected chi connectivity index (χ4v) is 1.07. The maximum atomic E-state index is 10.6. The minimum absolute atomic E-state index is 0.563. The Balaban J connectivity index is 2.63. The molecule has 6 N–H and O–H groups in total. The molecular weight excluding hydrogens is 180 g/mol. The lowest BCUT2D eigenvalue weighted by atomic mass is 10.3. The Morgan fingerprint density at radius 2 is 2.07 bits per heavy atom. The van der Waals surface area contributed by atoms with Crippen LogP contribution in [0.4, 0.5) is 16.2 Å². The van der Waals surface area contributed by atoms with Crippen LogP contribution in [0.15, 0.2) is 24.3 Å². The van der Waals surface area contributed by atoms with E-state index in [1.807, 2.05) is 12.1 Å². The highest BCUT2D eigenvalue weighted by Crippen LogP contribution is 2.14. The Bertz CT molecular complexity index is 313. The maximum Gasteiger partial charge on any atom is 0.316 e. The maximum absolute atomic E-state index is 10.6. The summed E-state index contributed by atoms with van der Waals surface area (Å²) in [5, 5.41) is 5.58. The van der Waals surface area contributed by atoms with Gasteiger partial charge in [-0.2, -0.15) is 0 Å². The Kier molecular flexibility index (Phi) is 3.75. The van der Waals surface area contributed by atoms with E-state index >= 15 is 0 Å². The van der Waals surface area contributed by atoms with Gasteiger partial charge in [-0.25, -0.2) is 4.79 Å². The number of rotatable bonds is 4. The van der Waals surface area contributed by atoms with Gasteiger partial charge >= 0.3 is 6.03 Å². The van der Waals surface area contributed by atoms with Crippen LogP contribution < -0.4 is 22.1 Å². The molecule has 0 atom stereocenters. The lowest BCUT2D eigenvalue weighted by Gasteiger charge is -2.06. The first-order chi connectivity index (χ1) is 6.72. The monoisotopic (exact) mass is 194 g/mol. The second-order valence-electron chi connectivity index (χ2n) is 2.79. The third-order valence-electron chi connectivity index (χ3n) is 1.60. The van der Waals surface area contributed by atoms with E-state index in [2.05, 4.69) is 10.6 Å². The quantitative estimate of drug-likeness (QED) is 0.563. The van der Waals surface area contributed by atoms with Crippen molar-refractivity contribution >= 4 is 17.4 Å². The van der Waals surface area contributed by atoms with Crippen molar-refractivity contribution in [2.24, 2.45) is 11.5 Å². The summed E-state index contributed by atoms with van der Waals surface area (Å²) in [7, 11) is 0. The van der Waals surface area contributed by atoms with Crippen LogP contribution in [0.1, 0.15) is 0 Å². The fraction of sp³-hybridized carbons (Fsp3) is 0.222. The lowest BCUT2D eigenvalue weighted by Crippen LogP contribution is -2.19. The predicted octanol–water partition coefficient (Wildman–Crippen LogP) is 0.548. The van der Waals surface area contributed by atoms with Gasteiger partial charge < -0.3 is 22.1 Å². The molecule has 0 fully saturated rings. The molecule has 0 heterocycles. The number of hydrogen-bond acceptors (Lipinski definition) is 3. The summed E-state index contributed by atoms with van der Waals surface area (Å²) in [6, 6.07) is 6.70. The molecule has 0 unspecified atom stereocenters. The van der Waals surface area contributed by atoms with Crippen molar-refractivity contribution in [1.82, 2.24) is 0 Å². The Hall–Kier alpha value is -1.75. The number of nitrogens with two attached hydrogens (primary N) is 2. The molecule has 14 heavy (non-hydrogen) atoms. The molecule has 0 aliphatic heterocycles. The molecule has 0 spiro atoms. The van der Waals surface area contributed by atoms with Crippen molar-refractivity contribution in [2.45, 2.75) is 0 Å². The predicted molar refractivity (Wildman–Crippen MR) is 57.2 cm³/mol. The zero-order valence-corrected chi connectivity index (χ0v) is 7.79. The molecule has 1 rings (SSSR count). The van der Waals surface area contributed by atoms with Crippen molar-refractivity contribution in [3.63, 3.8) is 0 Å². The van der Waals surface area contributed by atoms with Gasteiger partial charge in [0.25, 0.3) is 0 Å². The number of carbonyl (C=O) groups is 1. The van der Waals surface area contributed by atoms with Gasteiger partial charge in [-0.1, -0.05) is 6.07 Å². The Morgan fingerprint density at radius 3 is 2.71 bits per heavy atom. The number of urea groups is 1. The molecule has 0 saturated heterocycles. The van der Waals surface area contributed by atoms with E-state index in [0.29, 0.717) is 18.8 Å². The summed E-state index contributed by atoms with van der Waals surface area (Å²) in [5.41, 5.74) is 11.9. The third-order valence-corrected chi connectivity index (χ3v) is 1.60. The Morgan fingerprint density at radius 1 is 1.36 bits per heavy atom. The fourth-order valence-electron chi connectivity index (χ4n) is 1.07. The van der Waals surface area contributed by atoms with E-state index in [0.717, 1.165) is 5.69 Å². The minimum atomic E-state index is -0.569. The number of primary amides is 1. The average molecular weight is 194 g/mol. The average Bonchev–Trinajstić information content (AvgIpc) is 2.14. The summed E-state index contributed by atoms with van der Waals surface area (Å²) < 4.78 is 0. The van der Waals surface area contributed by atoms with Gasteiger partial charge in [0.1, 0.15) is 0 Å². The summed E-state index contributed by atoms with van der Waals surface area (Å²) in [5.74, 6) is 0. The molecular formula is C9H14N4O. The van der Waals surface area contributed by atoms with Gasteiger partial charge in [0, 0.05) is 24.5 Å². The highest BCUT2D eigenvalue weighted by atomic mass is 16.2. The van der Waals surface area contributed by atoms with Gasteiger partial charge in [-0.05, 0) is 18.2 Å². The molecule has 0 aliphatic carbocycles. The van der Waals surface area contributed by atoms with Crippen LogP contribution in [0.25, 0.3) is 0 Å². The zero-order chi connectivity index (χ0) is 10.4. The van der Waals surface area contributed by atoms with Crippen LogP contribution in [0, 0.1) is 0 Å². The van der Waals surface area contributed by atoms with E-state index in [1.165, 1.54) is 0 Å². The van der Waals surface area contributed by atoms with Gasteiger partial charge in [0.05, 0.1) is 0 Å². The first kappa shape index (κ1) is 10.3. The largest absolute Gasteiger partial charge is 0.384 e. The van der Waals surface area contributed by atoms with Gasteiger partial charge in [0.2, 0.25) is 0 Å². The van der Waals surface area contributed by atoms with Crippen LogP contribution in [-0.2, 0) is 0 Å². The van der Waals surface area contributed by atoms with Crippen molar-refractivity contribution < 1.29 is 4.79 Å². The standard InChI is InChI=1S/C9H14N4O/c10-4-5-12-7-2-1-3-8(6-7)13-9(11)14/h1-3,6,12H,4-5,10H2,(H3,11,13,14). The molecule has 5 nitrogen and oxygen atoms in total. The van der Waals surface area contributed by atoms with Crippen molar-refractivity contribution in [2.75, 3.05) is 23.7 Å². The molecule has 0 radical (unpaired) electrons. The molecule has 2 amide bonds. The van der Waals surface area contributed by atoms with Crippen LogP contribution >= 0.6 is 0 Å². The van der Waals surface area contributed by atoms with Crippen molar-refractivity contribution in [1.29, 1.82) is 0 Å². The highest BCUT2D eigenvalue weighted by molar-refractivity contribution is 5.88. The summed E-state index contributed by atoms with van der Waals surface area (Å²) in [6.07, 6.45) is 0. The van der Waals surface area contributed by atoms with Gasteiger partial charge in [0.15, 0.2) is 0 Å². The molecule has 0 aliphatic rings. The van der Waals surface area contributed by atoms with Gasteiger partial charge in [-0.3, -0.25) is 0 Å². The third kappa shape index (κ3) is 3.32. The lowest BCUT2D eigenvalue weighted by molar-refractivity contribution is 0.259. The first-order valence-corrected chi connectivity index (χ1v) is 4.33. The van der Waals surface area contributed by atoms with E-state index in [1.54, 1.807) is 12.1 Å². The summed E-state index contributed by atoms with van der Waals surface area (Å²) in [4.78, 5) is 10.6. The Labute approximate surface area is 82.5 Å². The molecule has 0 aromatic heterocycles. The van der Waals surface area contributed by atoms with Crippen LogP contribution in [0.3, 0.4) is 0 Å². The SMILES string of the molecule is NCCNc1cccc(NC(N)=O)c1. The topological polar surface area (TPSA) is 93.2 Å². The number of benzene rings is 1. The zero-order valence-electron chi connectivity index (χ0n) is 7.79. The van der Waals surface area contributed by atoms with Crippen molar-refractivity contribution in [3.05, 3.63) is 24.3 Å². The molecule has 0 bridgehead atoms. The van der Waals surface area contributed by atoms with Gasteiger partial charge in [-0.15, -0.1) is 0 Å². The first-order valence-electron chi connectivity index (χ1n) is 4.33. The molecule has 0 saturated carbocycles. The smallest absolute Gasteiger partial charge is 0.316 e.